The molecule has 5 heteroatoms. The molecule has 0 aliphatic carbocycles. The van der Waals surface area contributed by atoms with E-state index >= 15 is 0 Å². The molecule has 1 fully saturated rings. The van der Waals surface area contributed by atoms with Crippen molar-refractivity contribution in [3.05, 3.63) is 0 Å². The molecule has 0 bridgehead atoms. The fourth-order valence-corrected chi connectivity index (χ4v) is 0.890. The average Bonchev–Trinajstić information content (AvgIpc) is 2.15. The summed E-state index contributed by atoms with van der Waals surface area (Å²) in [5.41, 5.74) is 0. The predicted molar refractivity (Wildman–Crippen MR) is 35.6 cm³/mol. The van der Waals surface area contributed by atoms with Crippen molar-refractivity contribution < 1.29 is 13.5 Å². The molecule has 0 radical (unpaired) electrons. The third kappa shape index (κ3) is 3.29. The van der Waals surface area contributed by atoms with Gasteiger partial charge in [0, 0.05) is 6.54 Å². The van der Waals surface area contributed by atoms with E-state index in [0.717, 1.165) is 6.54 Å². The number of alkyl halides is 2. The minimum atomic E-state index is -2.62. The normalized spacial score (nSPS) is 24.9. The van der Waals surface area contributed by atoms with Crippen molar-refractivity contribution in [3.8, 4) is 0 Å². The van der Waals surface area contributed by atoms with Gasteiger partial charge in [-0.05, 0) is 13.0 Å². The average molecular weight is 174 g/mol. The van der Waals surface area contributed by atoms with Gasteiger partial charge in [-0.2, -0.15) is 8.78 Å². The Morgan fingerprint density at radius 2 is 2.20 bits per heavy atom. The SMILES string of the molecule is Cl.FC(F)O[C@H]1CCNC1. The summed E-state index contributed by atoms with van der Waals surface area (Å²) in [5, 5.41) is 2.92. The molecule has 1 rings (SSSR count). The van der Waals surface area contributed by atoms with Gasteiger partial charge in [0.05, 0.1) is 6.10 Å². The third-order valence-electron chi connectivity index (χ3n) is 1.31. The zero-order valence-corrected chi connectivity index (χ0v) is 6.16. The van der Waals surface area contributed by atoms with E-state index in [0.29, 0.717) is 13.0 Å². The van der Waals surface area contributed by atoms with E-state index in [-0.39, 0.29) is 18.5 Å². The first-order chi connectivity index (χ1) is 4.29. The number of halogens is 3. The summed E-state index contributed by atoms with van der Waals surface area (Å²) in [4.78, 5) is 0. The summed E-state index contributed by atoms with van der Waals surface area (Å²) in [6.45, 7) is -1.27. The van der Waals surface area contributed by atoms with Crippen LogP contribution in [0.2, 0.25) is 0 Å². The van der Waals surface area contributed by atoms with Gasteiger partial charge in [-0.3, -0.25) is 0 Å². The van der Waals surface area contributed by atoms with Gasteiger partial charge in [-0.15, -0.1) is 12.4 Å². The Morgan fingerprint density at radius 3 is 2.60 bits per heavy atom. The van der Waals surface area contributed by atoms with E-state index in [1.807, 2.05) is 0 Å². The molecule has 0 amide bonds. The van der Waals surface area contributed by atoms with Crippen LogP contribution in [0.15, 0.2) is 0 Å². The first-order valence-corrected chi connectivity index (χ1v) is 2.93. The van der Waals surface area contributed by atoms with Crippen LogP contribution >= 0.6 is 12.4 Å². The topological polar surface area (TPSA) is 21.3 Å². The van der Waals surface area contributed by atoms with Crippen LogP contribution in [0.25, 0.3) is 0 Å². The number of rotatable bonds is 2. The first-order valence-electron chi connectivity index (χ1n) is 2.93. The van der Waals surface area contributed by atoms with Gasteiger partial charge in [0.25, 0.3) is 0 Å². The molecular weight excluding hydrogens is 164 g/mol. The van der Waals surface area contributed by atoms with Crippen molar-refractivity contribution in [1.29, 1.82) is 0 Å². The Balaban J connectivity index is 0.000000810. The molecule has 62 valence electrons. The second-order valence-electron chi connectivity index (χ2n) is 2.01. The highest BCUT2D eigenvalue weighted by atomic mass is 35.5. The highest BCUT2D eigenvalue weighted by Gasteiger charge is 2.18. The van der Waals surface area contributed by atoms with Crippen molar-refractivity contribution in [1.82, 2.24) is 5.32 Å². The van der Waals surface area contributed by atoms with Gasteiger partial charge >= 0.3 is 6.61 Å². The standard InChI is InChI=1S/C5H9F2NO.ClH/c6-5(7)9-4-1-2-8-3-4;/h4-5,8H,1-3H2;1H/t4-;/m0./s1. The van der Waals surface area contributed by atoms with Gasteiger partial charge in [0.2, 0.25) is 0 Å². The van der Waals surface area contributed by atoms with Crippen molar-refractivity contribution in [2.75, 3.05) is 13.1 Å². The van der Waals surface area contributed by atoms with Crippen molar-refractivity contribution in [2.45, 2.75) is 19.1 Å². The van der Waals surface area contributed by atoms with E-state index in [4.69, 9.17) is 0 Å². The predicted octanol–water partition coefficient (Wildman–Crippen LogP) is 1.01. The molecule has 10 heavy (non-hydrogen) atoms. The second kappa shape index (κ2) is 4.82. The quantitative estimate of drug-likeness (QED) is 0.673. The highest BCUT2D eigenvalue weighted by molar-refractivity contribution is 5.85. The van der Waals surface area contributed by atoms with Crippen LogP contribution in [0.1, 0.15) is 6.42 Å². The van der Waals surface area contributed by atoms with E-state index in [9.17, 15) is 8.78 Å². The molecule has 0 aromatic heterocycles. The molecule has 0 saturated carbocycles. The largest absolute Gasteiger partial charge is 0.345 e. The Kier molecular flexibility index (Phi) is 4.85. The van der Waals surface area contributed by atoms with Crippen LogP contribution in [-0.4, -0.2) is 25.8 Å². The Morgan fingerprint density at radius 1 is 1.50 bits per heavy atom. The fourth-order valence-electron chi connectivity index (χ4n) is 0.890. The van der Waals surface area contributed by atoms with Crippen LogP contribution in [0, 0.1) is 0 Å². The lowest BCUT2D eigenvalue weighted by Gasteiger charge is -2.07. The summed E-state index contributed by atoms with van der Waals surface area (Å²) in [5.74, 6) is 0. The lowest BCUT2D eigenvalue weighted by Crippen LogP contribution is -2.19. The first kappa shape index (κ1) is 10.1. The molecule has 0 unspecified atom stereocenters. The zero-order chi connectivity index (χ0) is 6.69. The molecule has 0 spiro atoms. The van der Waals surface area contributed by atoms with Crippen LogP contribution < -0.4 is 5.32 Å². The molecule has 1 aliphatic rings. The van der Waals surface area contributed by atoms with Crippen LogP contribution in [0.3, 0.4) is 0 Å². The maximum Gasteiger partial charge on any atom is 0.345 e. The lowest BCUT2D eigenvalue weighted by atomic mass is 10.3. The summed E-state index contributed by atoms with van der Waals surface area (Å²) < 4.78 is 27.1. The van der Waals surface area contributed by atoms with Crippen molar-refractivity contribution in [3.63, 3.8) is 0 Å². The summed E-state index contributed by atoms with van der Waals surface area (Å²) >= 11 is 0. The fraction of sp³-hybridized carbons (Fsp3) is 1.00. The maximum atomic E-state index is 11.4. The van der Waals surface area contributed by atoms with Crippen molar-refractivity contribution >= 4 is 12.4 Å². The molecule has 2 nitrogen and oxygen atoms in total. The Labute approximate surface area is 64.3 Å². The van der Waals surface area contributed by atoms with Gasteiger partial charge in [0.15, 0.2) is 0 Å². The second-order valence-corrected chi connectivity index (χ2v) is 2.01. The number of hydrogen-bond donors (Lipinski definition) is 1. The molecule has 1 atom stereocenters. The zero-order valence-electron chi connectivity index (χ0n) is 5.35. The Hall–Kier alpha value is 0.0700. The van der Waals surface area contributed by atoms with Crippen LogP contribution in [0.5, 0.6) is 0 Å². The molecule has 1 aliphatic heterocycles. The summed E-state index contributed by atoms with van der Waals surface area (Å²) in [6, 6.07) is 0. The van der Waals surface area contributed by atoms with Crippen LogP contribution in [-0.2, 0) is 4.74 Å². The smallest absolute Gasteiger partial charge is 0.318 e. The molecule has 0 aromatic rings. The third-order valence-corrected chi connectivity index (χ3v) is 1.31. The number of hydrogen-bond acceptors (Lipinski definition) is 2. The van der Waals surface area contributed by atoms with Gasteiger partial charge in [-0.25, -0.2) is 0 Å². The van der Waals surface area contributed by atoms with E-state index < -0.39 is 6.61 Å². The van der Waals surface area contributed by atoms with Crippen LogP contribution in [0.4, 0.5) is 8.78 Å². The number of nitrogens with one attached hydrogen (secondary N) is 1. The molecule has 0 aromatic carbocycles. The summed E-state index contributed by atoms with van der Waals surface area (Å²) in [6.07, 6.45) is 0.426. The van der Waals surface area contributed by atoms with E-state index in [2.05, 4.69) is 10.1 Å². The van der Waals surface area contributed by atoms with Crippen molar-refractivity contribution in [2.24, 2.45) is 0 Å². The minimum Gasteiger partial charge on any atom is -0.318 e. The van der Waals surface area contributed by atoms with E-state index in [1.165, 1.54) is 0 Å². The summed E-state index contributed by atoms with van der Waals surface area (Å²) in [7, 11) is 0. The minimum absolute atomic E-state index is 0. The van der Waals surface area contributed by atoms with Gasteiger partial charge in [0.1, 0.15) is 0 Å². The van der Waals surface area contributed by atoms with Gasteiger partial charge in [-0.1, -0.05) is 0 Å². The highest BCUT2D eigenvalue weighted by Crippen LogP contribution is 2.07. The van der Waals surface area contributed by atoms with E-state index in [1.54, 1.807) is 0 Å². The molecule has 1 saturated heterocycles. The maximum absolute atomic E-state index is 11.4. The van der Waals surface area contributed by atoms with Gasteiger partial charge < -0.3 is 10.1 Å². The molecule has 1 heterocycles. The monoisotopic (exact) mass is 173 g/mol. The Bertz CT molecular complexity index is 87.7. The molecular formula is C5H10ClF2NO. The number of ether oxygens (including phenoxy) is 1. The lowest BCUT2D eigenvalue weighted by molar-refractivity contribution is -0.156. The molecule has 1 N–H and O–H groups in total.